The van der Waals surface area contributed by atoms with Gasteiger partial charge in [0.2, 0.25) is 0 Å². The summed E-state index contributed by atoms with van der Waals surface area (Å²) in [5.74, 6) is 3.16. The van der Waals surface area contributed by atoms with Crippen molar-refractivity contribution in [1.29, 1.82) is 0 Å². The van der Waals surface area contributed by atoms with Gasteiger partial charge in [0.15, 0.2) is 0 Å². The molecule has 0 amide bonds. The summed E-state index contributed by atoms with van der Waals surface area (Å²) in [4.78, 5) is 8.90. The minimum absolute atomic E-state index is 0.167. The predicted molar refractivity (Wildman–Crippen MR) is 99.7 cm³/mol. The van der Waals surface area contributed by atoms with Gasteiger partial charge in [0.1, 0.15) is 23.2 Å². The zero-order valence-corrected chi connectivity index (χ0v) is 15.1. The number of rotatable bonds is 7. The number of nitrogens with one attached hydrogen (secondary N) is 2. The predicted octanol–water partition coefficient (Wildman–Crippen LogP) is 3.91. The smallest absolute Gasteiger partial charge is 0.136 e. The highest BCUT2D eigenvalue weighted by Crippen LogP contribution is 2.21. The lowest BCUT2D eigenvalue weighted by molar-refractivity contribution is 0.120. The van der Waals surface area contributed by atoms with Gasteiger partial charge in [-0.15, -0.1) is 0 Å². The number of anilines is 3. The van der Waals surface area contributed by atoms with Crippen LogP contribution in [0.25, 0.3) is 0 Å². The van der Waals surface area contributed by atoms with Crippen molar-refractivity contribution >= 4 is 17.3 Å². The molecule has 6 nitrogen and oxygen atoms in total. The fraction of sp³-hybridized carbons (Fsp3) is 0.474. The summed E-state index contributed by atoms with van der Waals surface area (Å²) in [5.41, 5.74) is 0.958. The quantitative estimate of drug-likeness (QED) is 0.795. The van der Waals surface area contributed by atoms with E-state index in [4.69, 9.17) is 9.47 Å². The molecule has 1 aliphatic rings. The first-order chi connectivity index (χ1) is 12.1. The Morgan fingerprint density at radius 3 is 2.64 bits per heavy atom. The van der Waals surface area contributed by atoms with Crippen LogP contribution in [0.15, 0.2) is 30.3 Å². The van der Waals surface area contributed by atoms with Crippen molar-refractivity contribution in [3.8, 4) is 5.75 Å². The molecule has 1 aromatic carbocycles. The molecule has 0 saturated carbocycles. The third kappa shape index (κ3) is 5.32. The minimum Gasteiger partial charge on any atom is -0.491 e. The lowest BCUT2D eigenvalue weighted by atomic mass is 10.2. The second-order valence-electron chi connectivity index (χ2n) is 6.52. The molecule has 6 heteroatoms. The van der Waals surface area contributed by atoms with E-state index in [9.17, 15) is 0 Å². The highest BCUT2D eigenvalue weighted by Gasteiger charge is 2.15. The van der Waals surface area contributed by atoms with E-state index in [1.165, 1.54) is 0 Å². The van der Waals surface area contributed by atoms with E-state index in [2.05, 4.69) is 20.6 Å². The standard InChI is InChI=1S/C19H26N4O2/c1-13(2)25-16-8-6-15(7-9-16)23-19-11-18(21-14(3)22-19)20-12-17-5-4-10-24-17/h6-9,11,13,17H,4-5,10,12H2,1-3H3,(H2,20,21,22,23). The second-order valence-corrected chi connectivity index (χ2v) is 6.52. The van der Waals surface area contributed by atoms with Crippen molar-refractivity contribution in [2.24, 2.45) is 0 Å². The molecule has 0 bridgehead atoms. The van der Waals surface area contributed by atoms with E-state index in [-0.39, 0.29) is 12.2 Å². The molecule has 134 valence electrons. The minimum atomic E-state index is 0.167. The first-order valence-electron chi connectivity index (χ1n) is 8.83. The van der Waals surface area contributed by atoms with Crippen molar-refractivity contribution in [1.82, 2.24) is 9.97 Å². The van der Waals surface area contributed by atoms with Crippen LogP contribution in [-0.2, 0) is 4.74 Å². The number of aromatic nitrogens is 2. The summed E-state index contributed by atoms with van der Waals surface area (Å²) in [5, 5.41) is 6.66. The van der Waals surface area contributed by atoms with E-state index >= 15 is 0 Å². The van der Waals surface area contributed by atoms with Gasteiger partial charge in [0.25, 0.3) is 0 Å². The van der Waals surface area contributed by atoms with Gasteiger partial charge in [-0.25, -0.2) is 9.97 Å². The van der Waals surface area contributed by atoms with Gasteiger partial charge in [0.05, 0.1) is 12.2 Å². The molecule has 1 fully saturated rings. The van der Waals surface area contributed by atoms with Crippen LogP contribution in [0.2, 0.25) is 0 Å². The third-order valence-electron chi connectivity index (χ3n) is 3.87. The molecule has 1 unspecified atom stereocenters. The van der Waals surface area contributed by atoms with Crippen LogP contribution in [0.1, 0.15) is 32.5 Å². The summed E-state index contributed by atoms with van der Waals surface area (Å²) >= 11 is 0. The molecule has 3 rings (SSSR count). The van der Waals surface area contributed by atoms with Gasteiger partial charge in [-0.05, 0) is 57.9 Å². The molecule has 2 aromatic rings. The number of nitrogens with zero attached hydrogens (tertiary/aromatic N) is 2. The summed E-state index contributed by atoms with van der Waals surface area (Å²) in [6, 6.07) is 9.78. The van der Waals surface area contributed by atoms with Crippen LogP contribution in [-0.4, -0.2) is 35.3 Å². The maximum absolute atomic E-state index is 5.66. The number of hydrogen-bond donors (Lipinski definition) is 2. The Bertz CT molecular complexity index is 682. The molecule has 0 radical (unpaired) electrons. The lowest BCUT2D eigenvalue weighted by Crippen LogP contribution is -2.19. The molecule has 0 aliphatic carbocycles. The molecule has 1 atom stereocenters. The molecule has 1 saturated heterocycles. The SMILES string of the molecule is Cc1nc(NCC2CCCO2)cc(Nc2ccc(OC(C)C)cc2)n1. The number of ether oxygens (including phenoxy) is 2. The Kier molecular flexibility index (Phi) is 5.71. The average Bonchev–Trinajstić information content (AvgIpc) is 3.07. The van der Waals surface area contributed by atoms with Gasteiger partial charge in [-0.1, -0.05) is 0 Å². The highest BCUT2D eigenvalue weighted by molar-refractivity contribution is 5.60. The summed E-state index contributed by atoms with van der Waals surface area (Å²) in [6.07, 6.45) is 2.69. The first-order valence-corrected chi connectivity index (χ1v) is 8.83. The monoisotopic (exact) mass is 342 g/mol. The van der Waals surface area contributed by atoms with Crippen molar-refractivity contribution < 1.29 is 9.47 Å². The van der Waals surface area contributed by atoms with Gasteiger partial charge in [-0.3, -0.25) is 0 Å². The first kappa shape index (κ1) is 17.5. The third-order valence-corrected chi connectivity index (χ3v) is 3.87. The second kappa shape index (κ2) is 8.16. The molecular weight excluding hydrogens is 316 g/mol. The van der Waals surface area contributed by atoms with Crippen molar-refractivity contribution in [2.45, 2.75) is 45.8 Å². The Labute approximate surface area is 149 Å². The van der Waals surface area contributed by atoms with Crippen molar-refractivity contribution in [3.63, 3.8) is 0 Å². The Morgan fingerprint density at radius 2 is 1.96 bits per heavy atom. The van der Waals surface area contributed by atoms with Crippen LogP contribution in [0, 0.1) is 6.92 Å². The Morgan fingerprint density at radius 1 is 1.20 bits per heavy atom. The molecule has 2 heterocycles. The van der Waals surface area contributed by atoms with E-state index in [0.29, 0.717) is 0 Å². The van der Waals surface area contributed by atoms with Gasteiger partial charge in [-0.2, -0.15) is 0 Å². The van der Waals surface area contributed by atoms with Gasteiger partial charge in [0, 0.05) is 24.9 Å². The molecule has 2 N–H and O–H groups in total. The van der Waals surface area contributed by atoms with Gasteiger partial charge < -0.3 is 20.1 Å². The number of aryl methyl sites for hydroxylation is 1. The maximum Gasteiger partial charge on any atom is 0.136 e. The van der Waals surface area contributed by atoms with Crippen molar-refractivity contribution in [2.75, 3.05) is 23.8 Å². The summed E-state index contributed by atoms with van der Waals surface area (Å²) in [7, 11) is 0. The van der Waals surface area contributed by atoms with Gasteiger partial charge >= 0.3 is 0 Å². The van der Waals surface area contributed by atoms with E-state index in [1.54, 1.807) is 0 Å². The average molecular weight is 342 g/mol. The zero-order valence-electron chi connectivity index (χ0n) is 15.1. The fourth-order valence-electron chi connectivity index (χ4n) is 2.78. The van der Waals surface area contributed by atoms with Crippen LogP contribution in [0.5, 0.6) is 5.75 Å². The van der Waals surface area contributed by atoms with E-state index < -0.39 is 0 Å². The zero-order chi connectivity index (χ0) is 17.6. The number of benzene rings is 1. The molecule has 0 spiro atoms. The normalized spacial score (nSPS) is 16.9. The van der Waals surface area contributed by atoms with Crippen LogP contribution in [0.4, 0.5) is 17.3 Å². The highest BCUT2D eigenvalue weighted by atomic mass is 16.5. The molecule has 1 aliphatic heterocycles. The van der Waals surface area contributed by atoms with Crippen LogP contribution < -0.4 is 15.4 Å². The fourth-order valence-corrected chi connectivity index (χ4v) is 2.78. The summed E-state index contributed by atoms with van der Waals surface area (Å²) in [6.45, 7) is 7.56. The number of hydrogen-bond acceptors (Lipinski definition) is 6. The van der Waals surface area contributed by atoms with Crippen LogP contribution in [0.3, 0.4) is 0 Å². The summed E-state index contributed by atoms with van der Waals surface area (Å²) < 4.78 is 11.3. The molecular formula is C19H26N4O2. The molecule has 1 aromatic heterocycles. The van der Waals surface area contributed by atoms with Crippen LogP contribution >= 0.6 is 0 Å². The Hall–Kier alpha value is -2.34. The topological polar surface area (TPSA) is 68.3 Å². The van der Waals surface area contributed by atoms with E-state index in [0.717, 1.165) is 54.9 Å². The molecule has 25 heavy (non-hydrogen) atoms. The van der Waals surface area contributed by atoms with E-state index in [1.807, 2.05) is 51.1 Å². The Balaban J connectivity index is 1.63. The lowest BCUT2D eigenvalue weighted by Gasteiger charge is -2.14. The van der Waals surface area contributed by atoms with Crippen molar-refractivity contribution in [3.05, 3.63) is 36.2 Å². The largest absolute Gasteiger partial charge is 0.491 e. The maximum atomic E-state index is 5.66.